The van der Waals surface area contributed by atoms with E-state index in [-0.39, 0.29) is 11.2 Å². The van der Waals surface area contributed by atoms with Crippen LogP contribution in [0.2, 0.25) is 0 Å². The Balaban J connectivity index is 1.73. The number of ketones is 1. The van der Waals surface area contributed by atoms with Crippen LogP contribution in [0.25, 0.3) is 0 Å². The summed E-state index contributed by atoms with van der Waals surface area (Å²) in [7, 11) is 0. The van der Waals surface area contributed by atoms with Gasteiger partial charge in [0.1, 0.15) is 5.78 Å². The first-order valence-electron chi connectivity index (χ1n) is 7.93. The summed E-state index contributed by atoms with van der Waals surface area (Å²) >= 11 is 0. The fourth-order valence-corrected chi connectivity index (χ4v) is 5.33. The number of hydrogen-bond donors (Lipinski definition) is 0. The first-order chi connectivity index (χ1) is 9.59. The molecule has 1 aromatic rings. The van der Waals surface area contributed by atoms with Crippen LogP contribution in [0.15, 0.2) is 18.2 Å². The van der Waals surface area contributed by atoms with E-state index in [1.807, 2.05) is 6.07 Å². The predicted octanol–water partition coefficient (Wildman–Crippen LogP) is 3.19. The van der Waals surface area contributed by atoms with Gasteiger partial charge in [-0.15, -0.1) is 5.75 Å². The Kier molecular flexibility index (Phi) is 2.55. The molecule has 3 aliphatic carbocycles. The van der Waals surface area contributed by atoms with Gasteiger partial charge in [-0.3, -0.25) is 4.79 Å². The van der Waals surface area contributed by atoms with Crippen LogP contribution in [0.5, 0.6) is 5.75 Å². The van der Waals surface area contributed by atoms with Gasteiger partial charge in [0.15, 0.2) is 0 Å². The predicted molar refractivity (Wildman–Crippen MR) is 75.5 cm³/mol. The summed E-state index contributed by atoms with van der Waals surface area (Å²) in [6.07, 6.45) is 6.22. The standard InChI is InChI=1S/C18H22O2/c1-18-9-8-14-13-5-3-12(19)10-11(13)2-4-15(14)16(18)6-7-17(18)20/h3,5,10,14-16,19H,2,4,6-9H2,1H3/p-1/t14-,15-,16+,18+/m1/s1. The number of aryl methyl sites for hydroxylation is 1. The first kappa shape index (κ1) is 12.4. The van der Waals surface area contributed by atoms with Gasteiger partial charge in [0, 0.05) is 11.8 Å². The average Bonchev–Trinajstić information content (AvgIpc) is 2.74. The van der Waals surface area contributed by atoms with Crippen molar-refractivity contribution in [3.63, 3.8) is 0 Å². The molecular weight excluding hydrogens is 248 g/mol. The Morgan fingerprint density at radius 3 is 2.90 bits per heavy atom. The molecule has 0 radical (unpaired) electrons. The van der Waals surface area contributed by atoms with E-state index in [0.717, 1.165) is 38.5 Å². The van der Waals surface area contributed by atoms with E-state index in [2.05, 4.69) is 13.0 Å². The van der Waals surface area contributed by atoms with E-state index in [9.17, 15) is 9.90 Å². The number of fused-ring (bicyclic) bond motifs is 5. The highest BCUT2D eigenvalue weighted by Gasteiger charge is 2.54. The highest BCUT2D eigenvalue weighted by molar-refractivity contribution is 5.87. The third-order valence-corrected chi connectivity index (χ3v) is 6.41. The van der Waals surface area contributed by atoms with Crippen molar-refractivity contribution in [2.45, 2.75) is 51.4 Å². The molecule has 0 heterocycles. The molecule has 20 heavy (non-hydrogen) atoms. The lowest BCUT2D eigenvalue weighted by Gasteiger charge is -2.48. The minimum atomic E-state index is -0.0445. The van der Waals surface area contributed by atoms with Gasteiger partial charge >= 0.3 is 0 Å². The monoisotopic (exact) mass is 269 g/mol. The van der Waals surface area contributed by atoms with Crippen LogP contribution in [0.1, 0.15) is 56.1 Å². The molecule has 4 atom stereocenters. The summed E-state index contributed by atoms with van der Waals surface area (Å²) in [5, 5.41) is 11.5. The fourth-order valence-electron chi connectivity index (χ4n) is 5.33. The van der Waals surface area contributed by atoms with E-state index >= 15 is 0 Å². The topological polar surface area (TPSA) is 40.1 Å². The zero-order valence-corrected chi connectivity index (χ0v) is 12.0. The Hall–Kier alpha value is -1.31. The maximum atomic E-state index is 12.3. The minimum absolute atomic E-state index is 0.0445. The largest absolute Gasteiger partial charge is 0.872 e. The van der Waals surface area contributed by atoms with Crippen molar-refractivity contribution in [3.8, 4) is 5.75 Å². The van der Waals surface area contributed by atoms with Crippen molar-refractivity contribution in [3.05, 3.63) is 29.3 Å². The second kappa shape index (κ2) is 4.09. The number of hydrogen-bond acceptors (Lipinski definition) is 2. The molecule has 0 aliphatic heterocycles. The number of rotatable bonds is 0. The number of Topliss-reactive ketones (excluding diaryl/α,β-unsaturated/α-hetero) is 1. The number of benzene rings is 1. The highest BCUT2D eigenvalue weighted by Crippen LogP contribution is 2.59. The molecule has 1 aromatic carbocycles. The smallest absolute Gasteiger partial charge is 0.139 e. The second-order valence-electron chi connectivity index (χ2n) is 7.19. The van der Waals surface area contributed by atoms with Gasteiger partial charge in [-0.25, -0.2) is 0 Å². The molecule has 4 rings (SSSR count). The molecule has 0 N–H and O–H groups in total. The molecule has 0 aromatic heterocycles. The lowest BCUT2D eigenvalue weighted by molar-refractivity contribution is -0.268. The number of carbonyl (C=O) groups is 1. The third-order valence-electron chi connectivity index (χ3n) is 6.41. The van der Waals surface area contributed by atoms with Crippen molar-refractivity contribution in [1.82, 2.24) is 0 Å². The summed E-state index contributed by atoms with van der Waals surface area (Å²) < 4.78 is 0. The maximum Gasteiger partial charge on any atom is 0.139 e. The summed E-state index contributed by atoms with van der Waals surface area (Å²) in [6, 6.07) is 5.61. The van der Waals surface area contributed by atoms with Gasteiger partial charge in [0.25, 0.3) is 0 Å². The summed E-state index contributed by atoms with van der Waals surface area (Å²) in [6.45, 7) is 2.21. The molecule has 2 nitrogen and oxygen atoms in total. The Bertz CT molecular complexity index is 577. The van der Waals surface area contributed by atoms with Crippen LogP contribution < -0.4 is 5.11 Å². The van der Waals surface area contributed by atoms with Gasteiger partial charge in [0.2, 0.25) is 0 Å². The van der Waals surface area contributed by atoms with E-state index < -0.39 is 0 Å². The van der Waals surface area contributed by atoms with Gasteiger partial charge < -0.3 is 5.11 Å². The SMILES string of the molecule is C[C@]12CC[C@@H]3c4ccc([O-])cc4CC[C@H]3[C@@H]1CCC2=O. The van der Waals surface area contributed by atoms with Crippen LogP contribution in [-0.4, -0.2) is 5.78 Å². The molecule has 0 saturated heterocycles. The summed E-state index contributed by atoms with van der Waals surface area (Å²) in [4.78, 5) is 12.3. The Morgan fingerprint density at radius 1 is 1.20 bits per heavy atom. The van der Waals surface area contributed by atoms with E-state index in [0.29, 0.717) is 23.5 Å². The van der Waals surface area contributed by atoms with Crippen LogP contribution in [0, 0.1) is 17.3 Å². The summed E-state index contributed by atoms with van der Waals surface area (Å²) in [5.74, 6) is 2.46. The number of carbonyl (C=O) groups excluding carboxylic acids is 1. The lowest BCUT2D eigenvalue weighted by Crippen LogP contribution is -2.42. The van der Waals surface area contributed by atoms with Crippen molar-refractivity contribution < 1.29 is 9.90 Å². The van der Waals surface area contributed by atoms with Crippen LogP contribution in [0.3, 0.4) is 0 Å². The molecule has 2 heteroatoms. The molecule has 2 saturated carbocycles. The zero-order chi connectivity index (χ0) is 13.9. The third kappa shape index (κ3) is 1.54. The quantitative estimate of drug-likeness (QED) is 0.725. The van der Waals surface area contributed by atoms with E-state index in [4.69, 9.17) is 0 Å². The molecule has 0 bridgehead atoms. The first-order valence-corrected chi connectivity index (χ1v) is 7.93. The zero-order valence-electron chi connectivity index (χ0n) is 12.0. The van der Waals surface area contributed by atoms with E-state index in [1.54, 1.807) is 6.07 Å². The highest BCUT2D eigenvalue weighted by atomic mass is 16.3. The molecular formula is C18H21O2-. The minimum Gasteiger partial charge on any atom is -0.872 e. The van der Waals surface area contributed by atoms with Crippen molar-refractivity contribution in [1.29, 1.82) is 0 Å². The van der Waals surface area contributed by atoms with Gasteiger partial charge in [-0.1, -0.05) is 25.1 Å². The molecule has 0 unspecified atom stereocenters. The lowest BCUT2D eigenvalue weighted by atomic mass is 9.55. The molecule has 0 amide bonds. The van der Waals surface area contributed by atoms with Crippen LogP contribution >= 0.6 is 0 Å². The molecule has 2 fully saturated rings. The maximum absolute atomic E-state index is 12.3. The fraction of sp³-hybridized carbons (Fsp3) is 0.611. The Morgan fingerprint density at radius 2 is 2.05 bits per heavy atom. The van der Waals surface area contributed by atoms with Crippen LogP contribution in [0.4, 0.5) is 0 Å². The van der Waals surface area contributed by atoms with Crippen LogP contribution in [-0.2, 0) is 11.2 Å². The van der Waals surface area contributed by atoms with Gasteiger partial charge in [-0.2, -0.15) is 0 Å². The Labute approximate surface area is 120 Å². The second-order valence-corrected chi connectivity index (χ2v) is 7.19. The van der Waals surface area contributed by atoms with Crippen molar-refractivity contribution >= 4 is 5.78 Å². The molecule has 106 valence electrons. The van der Waals surface area contributed by atoms with Gasteiger partial charge in [0.05, 0.1) is 0 Å². The van der Waals surface area contributed by atoms with Gasteiger partial charge in [-0.05, 0) is 61.0 Å². The van der Waals surface area contributed by atoms with Crippen molar-refractivity contribution in [2.24, 2.45) is 17.3 Å². The normalized spacial score (nSPS) is 39.0. The average molecular weight is 269 g/mol. The molecule has 0 spiro atoms. The van der Waals surface area contributed by atoms with E-state index in [1.165, 1.54) is 11.1 Å². The van der Waals surface area contributed by atoms with Crippen molar-refractivity contribution in [2.75, 3.05) is 0 Å². The molecule has 3 aliphatic rings. The summed E-state index contributed by atoms with van der Waals surface area (Å²) in [5.41, 5.74) is 2.63.